The third-order valence-corrected chi connectivity index (χ3v) is 4.35. The van der Waals surface area contributed by atoms with E-state index in [2.05, 4.69) is 57.3 Å². The minimum Gasteiger partial charge on any atom is -0.378 e. The highest BCUT2D eigenvalue weighted by Crippen LogP contribution is 2.42. The second-order valence-electron chi connectivity index (χ2n) is 5.86. The fourth-order valence-electron chi connectivity index (χ4n) is 2.76. The Kier molecular flexibility index (Phi) is 4.08. The van der Waals surface area contributed by atoms with Crippen LogP contribution in [-0.4, -0.2) is 18.8 Å². The molecule has 0 aliphatic heterocycles. The van der Waals surface area contributed by atoms with Gasteiger partial charge >= 0.3 is 0 Å². The van der Waals surface area contributed by atoms with E-state index in [0.29, 0.717) is 12.1 Å². The lowest BCUT2D eigenvalue weighted by atomic mass is 9.64. The Labute approximate surface area is 111 Å². The summed E-state index contributed by atoms with van der Waals surface area (Å²) in [5.41, 5.74) is 3.01. The maximum absolute atomic E-state index is 5.76. The number of rotatable bonds is 5. The Bertz CT molecular complexity index is 400. The summed E-state index contributed by atoms with van der Waals surface area (Å²) in [6.07, 6.45) is 1.55. The molecule has 0 amide bonds. The van der Waals surface area contributed by atoms with Gasteiger partial charge in [0, 0.05) is 24.6 Å². The van der Waals surface area contributed by atoms with Crippen molar-refractivity contribution in [3.8, 4) is 0 Å². The van der Waals surface area contributed by atoms with Crippen LogP contribution in [0.5, 0.6) is 0 Å². The number of nitrogens with one attached hydrogen (secondary N) is 1. The summed E-state index contributed by atoms with van der Waals surface area (Å²) in [5, 5.41) is 3.67. The molecule has 0 spiro atoms. The molecule has 1 aliphatic carbocycles. The summed E-state index contributed by atoms with van der Waals surface area (Å²) in [6, 6.07) is 9.14. The zero-order chi connectivity index (χ0) is 13.2. The summed E-state index contributed by atoms with van der Waals surface area (Å²) >= 11 is 0. The predicted molar refractivity (Wildman–Crippen MR) is 75.6 cm³/mol. The van der Waals surface area contributed by atoms with Gasteiger partial charge in [0.15, 0.2) is 0 Å². The Morgan fingerprint density at radius 3 is 2.67 bits per heavy atom. The highest BCUT2D eigenvalue weighted by molar-refractivity contribution is 5.25. The summed E-state index contributed by atoms with van der Waals surface area (Å²) in [5.74, 6) is 0. The largest absolute Gasteiger partial charge is 0.378 e. The van der Waals surface area contributed by atoms with Crippen LogP contribution < -0.4 is 5.32 Å². The molecule has 18 heavy (non-hydrogen) atoms. The molecule has 2 atom stereocenters. The molecule has 1 saturated carbocycles. The van der Waals surface area contributed by atoms with Crippen molar-refractivity contribution in [2.75, 3.05) is 6.61 Å². The van der Waals surface area contributed by atoms with Crippen molar-refractivity contribution in [1.82, 2.24) is 5.32 Å². The van der Waals surface area contributed by atoms with Crippen LogP contribution in [0.1, 0.15) is 38.3 Å². The summed E-state index contributed by atoms with van der Waals surface area (Å²) < 4.78 is 5.76. The first-order valence-electron chi connectivity index (χ1n) is 6.95. The van der Waals surface area contributed by atoms with E-state index in [9.17, 15) is 0 Å². The minimum absolute atomic E-state index is 0.249. The lowest BCUT2D eigenvalue weighted by molar-refractivity contribution is -0.114. The smallest absolute Gasteiger partial charge is 0.0655 e. The fraction of sp³-hybridized carbons (Fsp3) is 0.625. The third-order valence-electron chi connectivity index (χ3n) is 4.35. The molecule has 1 N–H and O–H groups in total. The van der Waals surface area contributed by atoms with Gasteiger partial charge < -0.3 is 10.1 Å². The van der Waals surface area contributed by atoms with Crippen molar-refractivity contribution < 1.29 is 4.74 Å². The molecule has 2 nitrogen and oxygen atoms in total. The van der Waals surface area contributed by atoms with E-state index in [1.54, 1.807) is 0 Å². The Hall–Kier alpha value is -0.860. The Morgan fingerprint density at radius 1 is 1.33 bits per heavy atom. The molecule has 1 aromatic carbocycles. The number of ether oxygens (including phenoxy) is 1. The van der Waals surface area contributed by atoms with Gasteiger partial charge in [-0.2, -0.15) is 0 Å². The molecule has 0 heterocycles. The molecule has 100 valence electrons. The van der Waals surface area contributed by atoms with Gasteiger partial charge in [-0.25, -0.2) is 0 Å². The van der Waals surface area contributed by atoms with Crippen LogP contribution in [0.2, 0.25) is 0 Å². The van der Waals surface area contributed by atoms with Crippen molar-refractivity contribution in [2.45, 2.75) is 52.8 Å². The topological polar surface area (TPSA) is 21.3 Å². The van der Waals surface area contributed by atoms with Crippen LogP contribution in [0.3, 0.4) is 0 Å². The van der Waals surface area contributed by atoms with Gasteiger partial charge in [-0.1, -0.05) is 38.1 Å². The second kappa shape index (κ2) is 5.41. The first-order chi connectivity index (χ1) is 8.55. The average molecular weight is 247 g/mol. The van der Waals surface area contributed by atoms with Crippen LogP contribution in [0, 0.1) is 12.3 Å². The van der Waals surface area contributed by atoms with Gasteiger partial charge in [0.1, 0.15) is 0 Å². The standard InChI is InChI=1S/C16H25NO/c1-5-18-15-10-14(16(15,3)4)17-11-13-9-7-6-8-12(13)2/h6-9,14-15,17H,5,10-11H2,1-4H3. The molecule has 0 saturated heterocycles. The molecule has 0 aromatic heterocycles. The molecule has 1 aromatic rings. The molecule has 1 aliphatic rings. The van der Waals surface area contributed by atoms with Gasteiger partial charge in [0.05, 0.1) is 6.10 Å². The normalized spacial score (nSPS) is 25.8. The monoisotopic (exact) mass is 247 g/mol. The molecule has 0 radical (unpaired) electrons. The van der Waals surface area contributed by atoms with Gasteiger partial charge in [-0.3, -0.25) is 0 Å². The Balaban J connectivity index is 1.88. The molecular weight excluding hydrogens is 222 g/mol. The maximum atomic E-state index is 5.76. The van der Waals surface area contributed by atoms with Crippen molar-refractivity contribution in [1.29, 1.82) is 0 Å². The Morgan fingerprint density at radius 2 is 2.06 bits per heavy atom. The highest BCUT2D eigenvalue weighted by Gasteiger charge is 2.48. The lowest BCUT2D eigenvalue weighted by Crippen LogP contribution is -2.60. The van der Waals surface area contributed by atoms with E-state index < -0.39 is 0 Å². The first-order valence-corrected chi connectivity index (χ1v) is 6.95. The minimum atomic E-state index is 0.249. The van der Waals surface area contributed by atoms with E-state index in [-0.39, 0.29) is 5.41 Å². The third kappa shape index (κ3) is 2.60. The number of aryl methyl sites for hydroxylation is 1. The number of benzene rings is 1. The molecular formula is C16H25NO. The SMILES string of the molecule is CCOC1CC(NCc2ccccc2C)C1(C)C. The number of hydrogen-bond acceptors (Lipinski definition) is 2. The molecule has 0 bridgehead atoms. The predicted octanol–water partition coefficient (Wildman–Crippen LogP) is 3.29. The van der Waals surface area contributed by atoms with Crippen molar-refractivity contribution in [3.63, 3.8) is 0 Å². The van der Waals surface area contributed by atoms with Crippen LogP contribution >= 0.6 is 0 Å². The van der Waals surface area contributed by atoms with E-state index in [1.807, 2.05) is 0 Å². The van der Waals surface area contributed by atoms with Crippen molar-refractivity contribution in [2.24, 2.45) is 5.41 Å². The average Bonchev–Trinajstić information content (AvgIpc) is 2.35. The second-order valence-corrected chi connectivity index (χ2v) is 5.86. The lowest BCUT2D eigenvalue weighted by Gasteiger charge is -2.52. The van der Waals surface area contributed by atoms with E-state index >= 15 is 0 Å². The van der Waals surface area contributed by atoms with Gasteiger partial charge in [-0.15, -0.1) is 0 Å². The van der Waals surface area contributed by atoms with E-state index in [1.165, 1.54) is 11.1 Å². The van der Waals surface area contributed by atoms with Gasteiger partial charge in [-0.05, 0) is 31.4 Å². The summed E-state index contributed by atoms with van der Waals surface area (Å²) in [4.78, 5) is 0. The van der Waals surface area contributed by atoms with E-state index in [4.69, 9.17) is 4.74 Å². The number of hydrogen-bond donors (Lipinski definition) is 1. The summed E-state index contributed by atoms with van der Waals surface area (Å²) in [7, 11) is 0. The zero-order valence-corrected chi connectivity index (χ0v) is 12.0. The van der Waals surface area contributed by atoms with Crippen molar-refractivity contribution >= 4 is 0 Å². The first kappa shape index (κ1) is 13.6. The zero-order valence-electron chi connectivity index (χ0n) is 12.0. The van der Waals surface area contributed by atoms with Crippen LogP contribution in [-0.2, 0) is 11.3 Å². The van der Waals surface area contributed by atoms with Crippen molar-refractivity contribution in [3.05, 3.63) is 35.4 Å². The molecule has 1 fully saturated rings. The quantitative estimate of drug-likeness (QED) is 0.862. The highest BCUT2D eigenvalue weighted by atomic mass is 16.5. The van der Waals surface area contributed by atoms with Crippen LogP contribution in [0.4, 0.5) is 0 Å². The van der Waals surface area contributed by atoms with Gasteiger partial charge in [0.25, 0.3) is 0 Å². The van der Waals surface area contributed by atoms with Crippen LogP contribution in [0.15, 0.2) is 24.3 Å². The van der Waals surface area contributed by atoms with Crippen LogP contribution in [0.25, 0.3) is 0 Å². The maximum Gasteiger partial charge on any atom is 0.0655 e. The fourth-order valence-corrected chi connectivity index (χ4v) is 2.76. The molecule has 2 unspecified atom stereocenters. The molecule has 2 heteroatoms. The van der Waals surface area contributed by atoms with E-state index in [0.717, 1.165) is 19.6 Å². The molecule has 2 rings (SSSR count). The van der Waals surface area contributed by atoms with Gasteiger partial charge in [0.2, 0.25) is 0 Å². The summed E-state index contributed by atoms with van der Waals surface area (Å²) in [6.45, 7) is 10.6.